The van der Waals surface area contributed by atoms with Crippen LogP contribution in [-0.4, -0.2) is 25.1 Å². The Balaban J connectivity index is 2.19. The highest BCUT2D eigenvalue weighted by atomic mass is 19.1. The maximum absolute atomic E-state index is 13.3. The summed E-state index contributed by atoms with van der Waals surface area (Å²) in [6, 6.07) is 7.11. The maximum atomic E-state index is 13.3. The molecule has 0 unspecified atom stereocenters. The van der Waals surface area contributed by atoms with Gasteiger partial charge in [0.15, 0.2) is 11.6 Å². The number of carbonyl (C=O) groups is 1. The van der Waals surface area contributed by atoms with Crippen molar-refractivity contribution in [3.8, 4) is 11.5 Å². The van der Waals surface area contributed by atoms with Gasteiger partial charge in [-0.25, -0.2) is 9.37 Å². The monoisotopic (exact) mass is 276 g/mol. The standard InChI is InChI=1S/C14H13FN2O3/c1-19-10-5-6-16-13(8-10)17-14(18)9-3-4-11(15)12(7-9)20-2/h3-8H,1-2H3,(H,16,17,18). The molecule has 1 N–H and O–H groups in total. The normalized spacial score (nSPS) is 9.95. The fourth-order valence-corrected chi connectivity index (χ4v) is 1.60. The molecule has 0 bridgehead atoms. The average molecular weight is 276 g/mol. The number of anilines is 1. The van der Waals surface area contributed by atoms with E-state index in [0.29, 0.717) is 11.6 Å². The molecule has 0 aliphatic carbocycles. The minimum atomic E-state index is -0.524. The van der Waals surface area contributed by atoms with Gasteiger partial charge in [0.2, 0.25) is 0 Å². The van der Waals surface area contributed by atoms with Crippen LogP contribution in [0.4, 0.5) is 10.2 Å². The molecular weight excluding hydrogens is 263 g/mol. The summed E-state index contributed by atoms with van der Waals surface area (Å²) in [6.07, 6.45) is 1.51. The maximum Gasteiger partial charge on any atom is 0.256 e. The Morgan fingerprint density at radius 1 is 1.20 bits per heavy atom. The van der Waals surface area contributed by atoms with Gasteiger partial charge in [-0.1, -0.05) is 0 Å². The van der Waals surface area contributed by atoms with Crippen molar-refractivity contribution in [1.82, 2.24) is 4.98 Å². The summed E-state index contributed by atoms with van der Waals surface area (Å²) in [5.41, 5.74) is 0.271. The van der Waals surface area contributed by atoms with Gasteiger partial charge >= 0.3 is 0 Å². The highest BCUT2D eigenvalue weighted by Gasteiger charge is 2.11. The molecule has 0 aliphatic heterocycles. The lowest BCUT2D eigenvalue weighted by Gasteiger charge is -2.07. The predicted octanol–water partition coefficient (Wildman–Crippen LogP) is 2.49. The molecule has 0 saturated heterocycles. The molecule has 2 aromatic rings. The first-order valence-electron chi connectivity index (χ1n) is 5.79. The van der Waals surface area contributed by atoms with Crippen LogP contribution in [-0.2, 0) is 0 Å². The van der Waals surface area contributed by atoms with E-state index in [1.165, 1.54) is 38.6 Å². The number of rotatable bonds is 4. The second-order valence-electron chi connectivity index (χ2n) is 3.88. The van der Waals surface area contributed by atoms with Gasteiger partial charge < -0.3 is 14.8 Å². The van der Waals surface area contributed by atoms with Crippen LogP contribution in [0.3, 0.4) is 0 Å². The number of hydrogen-bond acceptors (Lipinski definition) is 4. The third-order valence-electron chi connectivity index (χ3n) is 2.62. The van der Waals surface area contributed by atoms with Crippen LogP contribution >= 0.6 is 0 Å². The minimum Gasteiger partial charge on any atom is -0.497 e. The Bertz CT molecular complexity index is 632. The van der Waals surface area contributed by atoms with Crippen LogP contribution in [0.2, 0.25) is 0 Å². The van der Waals surface area contributed by atoms with Gasteiger partial charge in [0.25, 0.3) is 5.91 Å². The molecule has 0 atom stereocenters. The smallest absolute Gasteiger partial charge is 0.256 e. The van der Waals surface area contributed by atoms with Crippen molar-refractivity contribution in [3.63, 3.8) is 0 Å². The van der Waals surface area contributed by atoms with E-state index in [1.807, 2.05) is 0 Å². The molecule has 1 heterocycles. The summed E-state index contributed by atoms with van der Waals surface area (Å²) in [4.78, 5) is 16.0. The Morgan fingerprint density at radius 3 is 2.70 bits per heavy atom. The van der Waals surface area contributed by atoms with Crippen molar-refractivity contribution in [2.75, 3.05) is 19.5 Å². The molecule has 0 radical (unpaired) electrons. The van der Waals surface area contributed by atoms with E-state index in [0.717, 1.165) is 0 Å². The van der Waals surface area contributed by atoms with Crippen LogP contribution in [0, 0.1) is 5.82 Å². The predicted molar refractivity (Wildman–Crippen MR) is 71.7 cm³/mol. The third kappa shape index (κ3) is 3.03. The van der Waals surface area contributed by atoms with E-state index in [1.54, 1.807) is 12.1 Å². The highest BCUT2D eigenvalue weighted by Crippen LogP contribution is 2.19. The summed E-state index contributed by atoms with van der Waals surface area (Å²) in [5, 5.41) is 2.60. The topological polar surface area (TPSA) is 60.5 Å². The quantitative estimate of drug-likeness (QED) is 0.932. The van der Waals surface area contributed by atoms with Crippen LogP contribution in [0.25, 0.3) is 0 Å². The Hall–Kier alpha value is -2.63. The van der Waals surface area contributed by atoms with Gasteiger partial charge in [-0.3, -0.25) is 4.79 Å². The van der Waals surface area contributed by atoms with Crippen LogP contribution in [0.5, 0.6) is 11.5 Å². The van der Waals surface area contributed by atoms with Gasteiger partial charge in [0.05, 0.1) is 14.2 Å². The number of aromatic nitrogens is 1. The molecule has 0 aliphatic rings. The molecule has 2 rings (SSSR count). The molecule has 0 fully saturated rings. The molecule has 6 heteroatoms. The molecule has 1 aromatic carbocycles. The molecule has 5 nitrogen and oxygen atoms in total. The lowest BCUT2D eigenvalue weighted by molar-refractivity contribution is 0.102. The van der Waals surface area contributed by atoms with Crippen molar-refractivity contribution >= 4 is 11.7 Å². The Labute approximate surface area is 115 Å². The zero-order valence-electron chi connectivity index (χ0n) is 11.0. The molecule has 0 spiro atoms. The number of amides is 1. The number of methoxy groups -OCH3 is 2. The van der Waals surface area contributed by atoms with Gasteiger partial charge in [-0.2, -0.15) is 0 Å². The van der Waals surface area contributed by atoms with E-state index < -0.39 is 11.7 Å². The van der Waals surface area contributed by atoms with E-state index >= 15 is 0 Å². The zero-order chi connectivity index (χ0) is 14.5. The summed E-state index contributed by atoms with van der Waals surface area (Å²) in [6.45, 7) is 0. The first-order valence-corrected chi connectivity index (χ1v) is 5.79. The van der Waals surface area contributed by atoms with E-state index in [-0.39, 0.29) is 11.3 Å². The van der Waals surface area contributed by atoms with Gasteiger partial charge in [0, 0.05) is 17.8 Å². The number of pyridine rings is 1. The van der Waals surface area contributed by atoms with Crippen LogP contribution in [0.1, 0.15) is 10.4 Å². The lowest BCUT2D eigenvalue weighted by Crippen LogP contribution is -2.13. The molecule has 0 saturated carbocycles. The highest BCUT2D eigenvalue weighted by molar-refractivity contribution is 6.04. The second-order valence-corrected chi connectivity index (χ2v) is 3.88. The number of hydrogen-bond donors (Lipinski definition) is 1. The Kier molecular flexibility index (Phi) is 4.14. The van der Waals surface area contributed by atoms with Crippen molar-refractivity contribution in [2.24, 2.45) is 0 Å². The molecule has 1 amide bonds. The largest absolute Gasteiger partial charge is 0.497 e. The van der Waals surface area contributed by atoms with E-state index in [4.69, 9.17) is 9.47 Å². The van der Waals surface area contributed by atoms with Crippen LogP contribution < -0.4 is 14.8 Å². The fourth-order valence-electron chi connectivity index (χ4n) is 1.60. The minimum absolute atomic E-state index is 0.0104. The zero-order valence-corrected chi connectivity index (χ0v) is 11.0. The average Bonchev–Trinajstić information content (AvgIpc) is 2.47. The molecule has 104 valence electrons. The number of ether oxygens (including phenoxy) is 2. The second kappa shape index (κ2) is 6.01. The molecular formula is C14H13FN2O3. The summed E-state index contributed by atoms with van der Waals surface area (Å²) in [7, 11) is 2.86. The summed E-state index contributed by atoms with van der Waals surface area (Å²) in [5.74, 6) is -0.00603. The fraction of sp³-hybridized carbons (Fsp3) is 0.143. The lowest BCUT2D eigenvalue weighted by atomic mass is 10.2. The number of carbonyl (C=O) groups excluding carboxylic acids is 1. The molecule has 1 aromatic heterocycles. The van der Waals surface area contributed by atoms with E-state index in [2.05, 4.69) is 10.3 Å². The van der Waals surface area contributed by atoms with Gasteiger partial charge in [-0.05, 0) is 24.3 Å². The first-order chi connectivity index (χ1) is 9.63. The Morgan fingerprint density at radius 2 is 2.00 bits per heavy atom. The van der Waals surface area contributed by atoms with Crippen molar-refractivity contribution in [1.29, 1.82) is 0 Å². The third-order valence-corrected chi connectivity index (χ3v) is 2.62. The van der Waals surface area contributed by atoms with Gasteiger partial charge in [-0.15, -0.1) is 0 Å². The number of benzene rings is 1. The number of nitrogens with zero attached hydrogens (tertiary/aromatic N) is 1. The number of nitrogens with one attached hydrogen (secondary N) is 1. The summed E-state index contributed by atoms with van der Waals surface area (Å²) < 4.78 is 23.1. The summed E-state index contributed by atoms with van der Waals surface area (Å²) >= 11 is 0. The SMILES string of the molecule is COc1ccnc(NC(=O)c2ccc(F)c(OC)c2)c1. The van der Waals surface area contributed by atoms with E-state index in [9.17, 15) is 9.18 Å². The first kappa shape index (κ1) is 13.8. The van der Waals surface area contributed by atoms with Crippen LogP contribution in [0.15, 0.2) is 36.5 Å². The van der Waals surface area contributed by atoms with Crippen molar-refractivity contribution in [3.05, 3.63) is 47.9 Å². The number of halogens is 1. The van der Waals surface area contributed by atoms with Crippen molar-refractivity contribution in [2.45, 2.75) is 0 Å². The van der Waals surface area contributed by atoms with Gasteiger partial charge in [0.1, 0.15) is 11.6 Å². The van der Waals surface area contributed by atoms with Crippen molar-refractivity contribution < 1.29 is 18.7 Å². The molecule has 20 heavy (non-hydrogen) atoms.